The summed E-state index contributed by atoms with van der Waals surface area (Å²) < 4.78 is 4.94. The van der Waals surface area contributed by atoms with E-state index in [-0.39, 0.29) is 17.9 Å². The van der Waals surface area contributed by atoms with Crippen molar-refractivity contribution in [3.8, 4) is 0 Å². The van der Waals surface area contributed by atoms with Crippen LogP contribution in [0.25, 0.3) is 0 Å². The topological polar surface area (TPSA) is 70.1 Å². The molecule has 2 aromatic rings. The summed E-state index contributed by atoms with van der Waals surface area (Å²) in [5, 5.41) is 11.3. The van der Waals surface area contributed by atoms with E-state index in [9.17, 15) is 14.7 Å². The van der Waals surface area contributed by atoms with Crippen LogP contribution in [-0.4, -0.2) is 48.2 Å². The highest BCUT2D eigenvalue weighted by atomic mass is 35.5. The fraction of sp³-hybridized carbons (Fsp3) is 0.364. The first-order valence-electron chi connectivity index (χ1n) is 9.80. The number of aliphatic hydroxyl groups excluding tert-OH is 1. The molecule has 0 aromatic heterocycles. The molecule has 152 valence electrons. The van der Waals surface area contributed by atoms with Crippen LogP contribution in [0.5, 0.6) is 0 Å². The largest absolute Gasteiger partial charge is 0.447 e. The summed E-state index contributed by atoms with van der Waals surface area (Å²) in [6.07, 6.45) is 0.579. The molecule has 2 amide bonds. The average Bonchev–Trinajstić information content (AvgIpc) is 3.19. The Labute approximate surface area is 174 Å². The summed E-state index contributed by atoms with van der Waals surface area (Å²) >= 11 is 5.92. The van der Waals surface area contributed by atoms with E-state index in [1.165, 1.54) is 0 Å². The van der Waals surface area contributed by atoms with Crippen molar-refractivity contribution in [3.05, 3.63) is 64.7 Å². The van der Waals surface area contributed by atoms with Crippen LogP contribution in [-0.2, 0) is 4.74 Å². The zero-order chi connectivity index (χ0) is 20.4. The van der Waals surface area contributed by atoms with Gasteiger partial charge in [0.05, 0.1) is 12.6 Å². The number of aliphatic hydroxyl groups is 1. The van der Waals surface area contributed by atoms with E-state index in [4.69, 9.17) is 16.3 Å². The first-order valence-corrected chi connectivity index (χ1v) is 10.2. The van der Waals surface area contributed by atoms with Gasteiger partial charge in [-0.1, -0.05) is 23.7 Å². The number of rotatable bonds is 4. The lowest BCUT2D eigenvalue weighted by Gasteiger charge is -2.34. The molecule has 6 nitrogen and oxygen atoms in total. The lowest BCUT2D eigenvalue weighted by Crippen LogP contribution is -2.39. The van der Waals surface area contributed by atoms with Gasteiger partial charge in [-0.3, -0.25) is 9.69 Å². The van der Waals surface area contributed by atoms with Gasteiger partial charge in [0.2, 0.25) is 0 Å². The van der Waals surface area contributed by atoms with Gasteiger partial charge in [-0.15, -0.1) is 0 Å². The van der Waals surface area contributed by atoms with E-state index in [2.05, 4.69) is 0 Å². The first kappa shape index (κ1) is 19.7. The second-order valence-electron chi connectivity index (χ2n) is 7.44. The van der Waals surface area contributed by atoms with Crippen LogP contribution in [0.3, 0.4) is 0 Å². The number of cyclic esters (lactones) is 1. The highest BCUT2D eigenvalue weighted by molar-refractivity contribution is 6.30. The van der Waals surface area contributed by atoms with Crippen LogP contribution in [0, 0.1) is 5.92 Å². The van der Waals surface area contributed by atoms with Crippen molar-refractivity contribution in [2.24, 2.45) is 5.92 Å². The molecular weight excluding hydrogens is 392 g/mol. The predicted molar refractivity (Wildman–Crippen MR) is 110 cm³/mol. The molecule has 1 N–H and O–H groups in total. The number of hydrogen-bond acceptors (Lipinski definition) is 4. The summed E-state index contributed by atoms with van der Waals surface area (Å²) in [6.45, 7) is 2.12. The Kier molecular flexibility index (Phi) is 5.74. The van der Waals surface area contributed by atoms with Crippen LogP contribution >= 0.6 is 11.6 Å². The number of nitrogens with zero attached hydrogens (tertiary/aromatic N) is 2. The Morgan fingerprint density at radius 3 is 2.28 bits per heavy atom. The number of amides is 2. The van der Waals surface area contributed by atoms with Gasteiger partial charge >= 0.3 is 6.09 Å². The molecule has 0 bridgehead atoms. The standard InChI is InChI=1S/C22H23ClN2O4/c23-18-5-1-15(2-6-18)20(26)16-9-11-24(12-10-16)21(27)17-3-7-19(8-4-17)25-13-14-29-22(25)28/h1-8,16,20,26H,9-14H2. The van der Waals surface area contributed by atoms with Crippen LogP contribution in [0.4, 0.5) is 10.5 Å². The maximum Gasteiger partial charge on any atom is 0.414 e. The second-order valence-corrected chi connectivity index (χ2v) is 7.88. The summed E-state index contributed by atoms with van der Waals surface area (Å²) in [5.41, 5.74) is 2.18. The molecule has 1 unspecified atom stereocenters. The lowest BCUT2D eigenvalue weighted by molar-refractivity contribution is 0.0462. The van der Waals surface area contributed by atoms with Crippen molar-refractivity contribution < 1.29 is 19.4 Å². The van der Waals surface area contributed by atoms with E-state index in [1.807, 2.05) is 17.0 Å². The molecule has 0 radical (unpaired) electrons. The van der Waals surface area contributed by atoms with Crippen molar-refractivity contribution in [2.45, 2.75) is 18.9 Å². The molecule has 4 rings (SSSR count). The minimum Gasteiger partial charge on any atom is -0.447 e. The smallest absolute Gasteiger partial charge is 0.414 e. The number of anilines is 1. The monoisotopic (exact) mass is 414 g/mol. The van der Waals surface area contributed by atoms with Gasteiger partial charge in [-0.25, -0.2) is 4.79 Å². The maximum absolute atomic E-state index is 12.8. The number of halogens is 1. The molecule has 2 saturated heterocycles. The molecule has 1 atom stereocenters. The van der Waals surface area contributed by atoms with E-state index < -0.39 is 6.10 Å². The summed E-state index contributed by atoms with van der Waals surface area (Å²) in [4.78, 5) is 27.8. The van der Waals surface area contributed by atoms with Crippen LogP contribution in [0.15, 0.2) is 48.5 Å². The van der Waals surface area contributed by atoms with Crippen molar-refractivity contribution in [2.75, 3.05) is 31.1 Å². The molecule has 2 heterocycles. The Morgan fingerprint density at radius 2 is 1.69 bits per heavy atom. The molecule has 2 aliphatic rings. The summed E-state index contributed by atoms with van der Waals surface area (Å²) in [5.74, 6) is 0.0868. The second kappa shape index (κ2) is 8.43. The zero-order valence-electron chi connectivity index (χ0n) is 16.0. The molecule has 2 aromatic carbocycles. The van der Waals surface area contributed by atoms with Crippen molar-refractivity contribution in [3.63, 3.8) is 0 Å². The Balaban J connectivity index is 1.35. The molecule has 2 fully saturated rings. The van der Waals surface area contributed by atoms with E-state index in [1.54, 1.807) is 41.3 Å². The molecule has 0 spiro atoms. The predicted octanol–water partition coefficient (Wildman–Crippen LogP) is 3.88. The Morgan fingerprint density at radius 1 is 1.03 bits per heavy atom. The number of piperidine rings is 1. The van der Waals surface area contributed by atoms with Gasteiger partial charge in [0, 0.05) is 29.4 Å². The minimum atomic E-state index is -0.552. The van der Waals surface area contributed by atoms with Gasteiger partial charge in [-0.05, 0) is 60.7 Å². The number of hydrogen-bond donors (Lipinski definition) is 1. The number of carbonyl (C=O) groups excluding carboxylic acids is 2. The van der Waals surface area contributed by atoms with E-state index >= 15 is 0 Å². The first-order chi connectivity index (χ1) is 14.0. The lowest BCUT2D eigenvalue weighted by atomic mass is 9.87. The Bertz CT molecular complexity index is 877. The van der Waals surface area contributed by atoms with Crippen molar-refractivity contribution >= 4 is 29.3 Å². The van der Waals surface area contributed by atoms with Crippen molar-refractivity contribution in [1.82, 2.24) is 4.90 Å². The highest BCUT2D eigenvalue weighted by Crippen LogP contribution is 2.32. The van der Waals surface area contributed by atoms with Gasteiger partial charge in [0.1, 0.15) is 6.61 Å². The molecule has 29 heavy (non-hydrogen) atoms. The van der Waals surface area contributed by atoms with Crippen LogP contribution in [0.1, 0.15) is 34.9 Å². The van der Waals surface area contributed by atoms with Crippen LogP contribution in [0.2, 0.25) is 5.02 Å². The highest BCUT2D eigenvalue weighted by Gasteiger charge is 2.29. The zero-order valence-corrected chi connectivity index (χ0v) is 16.7. The van der Waals surface area contributed by atoms with Crippen LogP contribution < -0.4 is 4.90 Å². The number of ether oxygens (including phenoxy) is 1. The average molecular weight is 415 g/mol. The molecular formula is C22H23ClN2O4. The third kappa shape index (κ3) is 4.23. The van der Waals surface area contributed by atoms with Gasteiger partial charge in [0.15, 0.2) is 0 Å². The minimum absolute atomic E-state index is 0.0278. The Hall–Kier alpha value is -2.57. The third-order valence-corrected chi connectivity index (χ3v) is 5.92. The van der Waals surface area contributed by atoms with Gasteiger partial charge in [-0.2, -0.15) is 0 Å². The normalized spacial score (nSPS) is 18.6. The number of carbonyl (C=O) groups is 2. The number of likely N-dealkylation sites (tertiary alicyclic amines) is 1. The number of benzene rings is 2. The fourth-order valence-corrected chi connectivity index (χ4v) is 4.07. The molecule has 7 heteroatoms. The van der Waals surface area contributed by atoms with E-state index in [0.29, 0.717) is 36.8 Å². The SMILES string of the molecule is O=C(c1ccc(N2CCOC2=O)cc1)N1CCC(C(O)c2ccc(Cl)cc2)CC1. The van der Waals surface area contributed by atoms with Gasteiger partial charge < -0.3 is 14.7 Å². The summed E-state index contributed by atoms with van der Waals surface area (Å²) in [6, 6.07) is 14.3. The molecule has 2 aliphatic heterocycles. The fourth-order valence-electron chi connectivity index (χ4n) is 3.94. The summed E-state index contributed by atoms with van der Waals surface area (Å²) in [7, 11) is 0. The maximum atomic E-state index is 12.8. The molecule has 0 saturated carbocycles. The van der Waals surface area contributed by atoms with Crippen molar-refractivity contribution in [1.29, 1.82) is 0 Å². The van der Waals surface area contributed by atoms with E-state index in [0.717, 1.165) is 24.1 Å². The van der Waals surface area contributed by atoms with Gasteiger partial charge in [0.25, 0.3) is 5.91 Å². The quantitative estimate of drug-likeness (QED) is 0.824. The third-order valence-electron chi connectivity index (χ3n) is 5.67. The molecule has 0 aliphatic carbocycles.